The van der Waals surface area contributed by atoms with Gasteiger partial charge in [-0.1, -0.05) is 12.1 Å². The van der Waals surface area contributed by atoms with Gasteiger partial charge in [-0.05, 0) is 72.6 Å². The molecule has 3 amide bonds. The maximum absolute atomic E-state index is 15.5. The van der Waals surface area contributed by atoms with E-state index in [4.69, 9.17) is 9.73 Å². The van der Waals surface area contributed by atoms with Crippen molar-refractivity contribution >= 4 is 34.8 Å². The summed E-state index contributed by atoms with van der Waals surface area (Å²) in [5, 5.41) is 5.26. The predicted octanol–water partition coefficient (Wildman–Crippen LogP) is 5.90. The number of nitrogens with one attached hydrogen (secondary N) is 2. The van der Waals surface area contributed by atoms with E-state index in [1.807, 2.05) is 19.3 Å². The molecule has 236 valence electrons. The molecule has 1 unspecified atom stereocenters. The molecule has 2 N–H and O–H groups in total. The van der Waals surface area contributed by atoms with Crippen molar-refractivity contribution in [1.82, 2.24) is 19.7 Å². The van der Waals surface area contributed by atoms with Crippen molar-refractivity contribution in [3.8, 4) is 11.1 Å². The lowest BCUT2D eigenvalue weighted by molar-refractivity contribution is -0.0112. The zero-order valence-corrected chi connectivity index (χ0v) is 26.3. The van der Waals surface area contributed by atoms with Gasteiger partial charge in [0.2, 0.25) is 0 Å². The average molecular weight is 622 g/mol. The summed E-state index contributed by atoms with van der Waals surface area (Å²) in [6.45, 7) is 4.83. The SMILES string of the molecule is Cc1ccncc1-c1ccc2c(c1)N=C(c1ccc(NC(=O)Nc3ccc(C(=O)N(C)C)cc3)c(F)c1)N(C)C2N1CCOCC1. The Labute approximate surface area is 267 Å². The van der Waals surface area contributed by atoms with Crippen molar-refractivity contribution in [2.24, 2.45) is 4.99 Å². The molecule has 0 spiro atoms. The number of pyridine rings is 1. The minimum atomic E-state index is -0.606. The Balaban J connectivity index is 1.26. The number of amides is 3. The van der Waals surface area contributed by atoms with Gasteiger partial charge in [-0.15, -0.1) is 0 Å². The molecule has 1 atom stereocenters. The maximum atomic E-state index is 15.5. The highest BCUT2D eigenvalue weighted by molar-refractivity contribution is 6.04. The lowest BCUT2D eigenvalue weighted by atomic mass is 9.97. The van der Waals surface area contributed by atoms with Crippen LogP contribution in [0.1, 0.15) is 33.2 Å². The number of carbonyl (C=O) groups excluding carboxylic acids is 2. The zero-order chi connectivity index (χ0) is 32.4. The Hall–Kier alpha value is -5.13. The van der Waals surface area contributed by atoms with Crippen molar-refractivity contribution in [3.63, 3.8) is 0 Å². The fourth-order valence-electron chi connectivity index (χ4n) is 5.84. The van der Waals surface area contributed by atoms with Gasteiger partial charge in [0.25, 0.3) is 5.91 Å². The fourth-order valence-corrected chi connectivity index (χ4v) is 5.84. The molecular weight excluding hydrogens is 585 g/mol. The monoisotopic (exact) mass is 621 g/mol. The highest BCUT2D eigenvalue weighted by Gasteiger charge is 2.34. The number of benzene rings is 3. The van der Waals surface area contributed by atoms with Crippen molar-refractivity contribution in [1.29, 1.82) is 0 Å². The number of morpholine rings is 1. The minimum absolute atomic E-state index is 0.0270. The number of fused-ring (bicyclic) bond motifs is 1. The quantitative estimate of drug-likeness (QED) is 0.278. The van der Waals surface area contributed by atoms with Crippen LogP contribution in [0.3, 0.4) is 0 Å². The molecule has 3 heterocycles. The fraction of sp³-hybridized carbons (Fsp3) is 0.257. The summed E-state index contributed by atoms with van der Waals surface area (Å²) in [6.07, 6.45) is 3.51. The number of rotatable bonds is 6. The topological polar surface area (TPSA) is 102 Å². The molecule has 10 nitrogen and oxygen atoms in total. The summed E-state index contributed by atoms with van der Waals surface area (Å²) >= 11 is 0. The van der Waals surface area contributed by atoms with Gasteiger partial charge in [0.1, 0.15) is 17.8 Å². The molecule has 46 heavy (non-hydrogen) atoms. The summed E-state index contributed by atoms with van der Waals surface area (Å²) in [6, 6.07) is 18.8. The third kappa shape index (κ3) is 6.33. The second kappa shape index (κ2) is 13.1. The highest BCUT2D eigenvalue weighted by Crippen LogP contribution is 2.40. The smallest absolute Gasteiger partial charge is 0.323 e. The molecule has 2 aliphatic heterocycles. The van der Waals surface area contributed by atoms with E-state index < -0.39 is 11.8 Å². The van der Waals surface area contributed by atoms with E-state index in [9.17, 15) is 9.59 Å². The van der Waals surface area contributed by atoms with Crippen molar-refractivity contribution in [3.05, 3.63) is 107 Å². The molecule has 3 aromatic carbocycles. The molecule has 11 heteroatoms. The third-order valence-electron chi connectivity index (χ3n) is 8.25. The van der Waals surface area contributed by atoms with Crippen LogP contribution in [0.4, 0.5) is 26.2 Å². The largest absolute Gasteiger partial charge is 0.379 e. The van der Waals surface area contributed by atoms with E-state index in [1.165, 1.54) is 17.0 Å². The number of halogens is 1. The van der Waals surface area contributed by atoms with Crippen LogP contribution in [0.2, 0.25) is 0 Å². The van der Waals surface area contributed by atoms with Gasteiger partial charge in [-0.3, -0.25) is 14.7 Å². The summed E-state index contributed by atoms with van der Waals surface area (Å²) < 4.78 is 21.2. The summed E-state index contributed by atoms with van der Waals surface area (Å²) in [5.74, 6) is -0.120. The Kier molecular flexibility index (Phi) is 8.78. The number of aryl methyl sites for hydroxylation is 1. The van der Waals surface area contributed by atoms with Crippen molar-refractivity contribution in [2.75, 3.05) is 58.1 Å². The summed E-state index contributed by atoms with van der Waals surface area (Å²) in [5.41, 5.74) is 6.60. The minimum Gasteiger partial charge on any atom is -0.379 e. The molecule has 6 rings (SSSR count). The lowest BCUT2D eigenvalue weighted by Gasteiger charge is -2.43. The van der Waals surface area contributed by atoms with Crippen molar-refractivity contribution in [2.45, 2.75) is 13.1 Å². The van der Waals surface area contributed by atoms with E-state index in [0.29, 0.717) is 35.9 Å². The van der Waals surface area contributed by atoms with Crippen LogP contribution in [0, 0.1) is 12.7 Å². The Morgan fingerprint density at radius 1 is 0.957 bits per heavy atom. The van der Waals surface area contributed by atoms with Gasteiger partial charge in [-0.25, -0.2) is 14.2 Å². The second-order valence-corrected chi connectivity index (χ2v) is 11.6. The third-order valence-corrected chi connectivity index (χ3v) is 8.25. The molecule has 1 aromatic heterocycles. The van der Waals surface area contributed by atoms with Crippen LogP contribution in [0.5, 0.6) is 0 Å². The van der Waals surface area contributed by atoms with Crippen LogP contribution in [-0.4, -0.2) is 84.9 Å². The maximum Gasteiger partial charge on any atom is 0.323 e. The van der Waals surface area contributed by atoms with Gasteiger partial charge >= 0.3 is 6.03 Å². The number of ether oxygens (including phenoxy) is 1. The van der Waals surface area contributed by atoms with Gasteiger partial charge in [0, 0.05) is 74.6 Å². The molecule has 0 radical (unpaired) electrons. The van der Waals surface area contributed by atoms with Gasteiger partial charge in [0.05, 0.1) is 24.6 Å². The highest BCUT2D eigenvalue weighted by atomic mass is 19.1. The number of hydrogen-bond acceptors (Lipinski definition) is 7. The van der Waals surface area contributed by atoms with Crippen molar-refractivity contribution < 1.29 is 18.7 Å². The zero-order valence-electron chi connectivity index (χ0n) is 26.3. The Morgan fingerprint density at radius 2 is 1.70 bits per heavy atom. The number of hydrogen-bond donors (Lipinski definition) is 2. The van der Waals surface area contributed by atoms with Crippen LogP contribution >= 0.6 is 0 Å². The van der Waals surface area contributed by atoms with Crippen LogP contribution in [0.25, 0.3) is 11.1 Å². The number of urea groups is 1. The summed E-state index contributed by atoms with van der Waals surface area (Å²) in [4.78, 5) is 40.1. The first kappa shape index (κ1) is 30.9. The van der Waals surface area contributed by atoms with Crippen LogP contribution in [0.15, 0.2) is 84.1 Å². The number of amidine groups is 1. The van der Waals surface area contributed by atoms with Gasteiger partial charge in [-0.2, -0.15) is 0 Å². The number of anilines is 2. The predicted molar refractivity (Wildman–Crippen MR) is 177 cm³/mol. The van der Waals surface area contributed by atoms with E-state index in [2.05, 4.69) is 50.5 Å². The first-order valence-electron chi connectivity index (χ1n) is 15.1. The van der Waals surface area contributed by atoms with Gasteiger partial charge in [0.15, 0.2) is 0 Å². The number of carbonyl (C=O) groups is 2. The lowest BCUT2D eigenvalue weighted by Crippen LogP contribution is -2.48. The Bertz CT molecular complexity index is 1800. The molecule has 0 aliphatic carbocycles. The molecule has 1 fully saturated rings. The summed E-state index contributed by atoms with van der Waals surface area (Å²) in [7, 11) is 5.31. The van der Waals surface area contributed by atoms with E-state index in [1.54, 1.807) is 50.6 Å². The molecule has 1 saturated heterocycles. The Morgan fingerprint density at radius 3 is 2.39 bits per heavy atom. The standard InChI is InChI=1S/C35H36FN7O3/c1-22-13-14-37-21-28(22)24-7-11-27-31(20-24)39-32(42(4)33(27)43-15-17-46-18-16-43)25-8-12-30(29(36)19-25)40-35(45)38-26-9-5-23(6-10-26)34(44)41(2)3/h5-14,19-21,33H,15-18H2,1-4H3,(H2,38,40,45). The number of aliphatic imine (C=N–C) groups is 1. The molecule has 0 saturated carbocycles. The van der Waals surface area contributed by atoms with E-state index >= 15 is 4.39 Å². The molecule has 4 aromatic rings. The van der Waals surface area contributed by atoms with E-state index in [0.717, 1.165) is 41.0 Å². The first-order valence-corrected chi connectivity index (χ1v) is 15.1. The second-order valence-electron chi connectivity index (χ2n) is 11.6. The van der Waals surface area contributed by atoms with Crippen LogP contribution in [-0.2, 0) is 4.74 Å². The first-order chi connectivity index (χ1) is 22.2. The number of nitrogens with zero attached hydrogens (tertiary/aromatic N) is 5. The van der Waals surface area contributed by atoms with Crippen LogP contribution < -0.4 is 10.6 Å². The molecule has 0 bridgehead atoms. The van der Waals surface area contributed by atoms with E-state index in [-0.39, 0.29) is 17.8 Å². The molecule has 2 aliphatic rings. The molecular formula is C35H36FN7O3. The van der Waals surface area contributed by atoms with Gasteiger partial charge < -0.3 is 25.2 Å². The average Bonchev–Trinajstić information content (AvgIpc) is 3.06. The number of aromatic nitrogens is 1. The normalized spacial score (nSPS) is 16.3.